The number of hydrogen-bond acceptors (Lipinski definition) is 1. The van der Waals surface area contributed by atoms with Gasteiger partial charge in [-0.3, -0.25) is 0 Å². The lowest BCUT2D eigenvalue weighted by Gasteiger charge is -2.33. The van der Waals surface area contributed by atoms with Gasteiger partial charge in [-0.2, -0.15) is 0 Å². The maximum Gasteiger partial charge on any atom is 0.244 e. The average Bonchev–Trinajstić information content (AvgIpc) is 3.72. The molecule has 268 valence electrons. The molecule has 1 aliphatic rings. The summed E-state index contributed by atoms with van der Waals surface area (Å²) in [6, 6.07) is 54.8. The lowest BCUT2D eigenvalue weighted by molar-refractivity contribution is 0.812. The summed E-state index contributed by atoms with van der Waals surface area (Å²) in [5.74, 6) is 1.27. The molecule has 0 saturated heterocycles. The number of benzene rings is 7. The van der Waals surface area contributed by atoms with E-state index in [1.807, 2.05) is 11.8 Å². The minimum Gasteiger partial charge on any atom is -0.309 e. The first-order chi connectivity index (χ1) is 26.8. The molecule has 0 amide bonds. The number of fused-ring (bicyclic) bond motifs is 9. The Bertz CT molecular complexity index is 2920. The highest BCUT2D eigenvalue weighted by molar-refractivity contribution is 8.00. The normalized spacial score (nSPS) is 12.9. The third kappa shape index (κ3) is 5.18. The van der Waals surface area contributed by atoms with E-state index >= 15 is 0 Å². The molecule has 1 aliphatic heterocycles. The van der Waals surface area contributed by atoms with E-state index in [1.54, 1.807) is 0 Å². The van der Waals surface area contributed by atoms with Gasteiger partial charge in [0.1, 0.15) is 0 Å². The summed E-state index contributed by atoms with van der Waals surface area (Å²) >= 11 is 1.94. The Balaban J connectivity index is 1.31. The molecule has 3 heterocycles. The van der Waals surface area contributed by atoms with Crippen molar-refractivity contribution < 1.29 is 0 Å². The van der Waals surface area contributed by atoms with E-state index in [1.165, 1.54) is 97.9 Å². The Kier molecular flexibility index (Phi) is 8.12. The van der Waals surface area contributed by atoms with Crippen LogP contribution >= 0.6 is 11.8 Å². The van der Waals surface area contributed by atoms with Crippen LogP contribution in [0.15, 0.2) is 155 Å². The van der Waals surface area contributed by atoms with Crippen molar-refractivity contribution in [3.8, 4) is 11.4 Å². The monoisotopic (exact) mass is 728 g/mol. The second kappa shape index (κ2) is 13.1. The van der Waals surface area contributed by atoms with Gasteiger partial charge in [-0.1, -0.05) is 173 Å². The van der Waals surface area contributed by atoms with Crippen LogP contribution in [0.25, 0.3) is 55.0 Å². The molecule has 2 aromatic heterocycles. The molecule has 0 aliphatic carbocycles. The fourth-order valence-electron chi connectivity index (χ4n) is 9.42. The van der Waals surface area contributed by atoms with E-state index in [2.05, 4.69) is 196 Å². The van der Waals surface area contributed by atoms with Crippen molar-refractivity contribution in [3.05, 3.63) is 162 Å². The molecule has 2 nitrogen and oxygen atoms in total. The number of rotatable bonds is 6. The summed E-state index contributed by atoms with van der Waals surface area (Å²) in [6.45, 7) is 14.3. The van der Waals surface area contributed by atoms with Crippen LogP contribution < -0.4 is 16.4 Å². The summed E-state index contributed by atoms with van der Waals surface area (Å²) in [5.41, 5.74) is 16.1. The van der Waals surface area contributed by atoms with Gasteiger partial charge >= 0.3 is 0 Å². The van der Waals surface area contributed by atoms with Crippen molar-refractivity contribution in [2.75, 3.05) is 0 Å². The molecule has 4 heteroatoms. The van der Waals surface area contributed by atoms with Gasteiger partial charge in [0.15, 0.2) is 0 Å². The number of nitrogens with zero attached hydrogens (tertiary/aromatic N) is 2. The maximum absolute atomic E-state index is 2.56. The van der Waals surface area contributed by atoms with E-state index in [9.17, 15) is 0 Å². The van der Waals surface area contributed by atoms with Gasteiger partial charge in [0.25, 0.3) is 0 Å². The van der Waals surface area contributed by atoms with Gasteiger partial charge in [0, 0.05) is 37.0 Å². The maximum atomic E-state index is 2.56. The van der Waals surface area contributed by atoms with Crippen molar-refractivity contribution >= 4 is 78.5 Å². The lowest BCUT2D eigenvalue weighted by atomic mass is 9.34. The highest BCUT2D eigenvalue weighted by Gasteiger charge is 2.37. The van der Waals surface area contributed by atoms with Gasteiger partial charge in [0.2, 0.25) is 6.71 Å². The molecule has 9 aromatic rings. The van der Waals surface area contributed by atoms with E-state index in [4.69, 9.17) is 0 Å². The van der Waals surface area contributed by atoms with E-state index < -0.39 is 0 Å². The third-order valence-corrected chi connectivity index (χ3v) is 13.2. The second-order valence-electron chi connectivity index (χ2n) is 16.2. The summed E-state index contributed by atoms with van der Waals surface area (Å²) in [4.78, 5) is 2.69. The van der Waals surface area contributed by atoms with Gasteiger partial charge in [-0.25, -0.2) is 0 Å². The molecule has 55 heavy (non-hydrogen) atoms. The average molecular weight is 729 g/mol. The van der Waals surface area contributed by atoms with Crippen molar-refractivity contribution in [2.45, 2.75) is 69.1 Å². The summed E-state index contributed by atoms with van der Waals surface area (Å²) in [6.07, 6.45) is 0. The SMILES string of the molecule is CC(C)c1cc(C(C)C)c(B2c3ccccc3Sc3c2cccc3-n2c3ccccc3c3c2ccc2c4ccccc4n(-c4ccccc4)c23)c(C(C)C)c1. The van der Waals surface area contributed by atoms with Crippen molar-refractivity contribution in [1.29, 1.82) is 0 Å². The minimum atomic E-state index is 0.129. The zero-order valence-electron chi connectivity index (χ0n) is 32.5. The van der Waals surface area contributed by atoms with Gasteiger partial charge in [-0.15, -0.1) is 0 Å². The molecule has 0 fully saturated rings. The van der Waals surface area contributed by atoms with Crippen molar-refractivity contribution in [1.82, 2.24) is 9.13 Å². The molecule has 10 rings (SSSR count). The molecule has 0 unspecified atom stereocenters. The summed E-state index contributed by atoms with van der Waals surface area (Å²) in [5, 5.41) is 5.11. The molecule has 0 spiro atoms. The minimum absolute atomic E-state index is 0.129. The fraction of sp³-hybridized carbons (Fsp3) is 0.176. The van der Waals surface area contributed by atoms with Crippen molar-refractivity contribution in [2.24, 2.45) is 0 Å². The quantitative estimate of drug-likeness (QED) is 0.155. The molecule has 0 saturated carbocycles. The Morgan fingerprint density at radius 2 is 1.11 bits per heavy atom. The zero-order valence-corrected chi connectivity index (χ0v) is 33.3. The first-order valence-corrected chi connectivity index (χ1v) is 20.7. The molecular weight excluding hydrogens is 683 g/mol. The van der Waals surface area contributed by atoms with E-state index in [0.717, 1.165) is 0 Å². The molecule has 0 bridgehead atoms. The van der Waals surface area contributed by atoms with Crippen molar-refractivity contribution in [3.63, 3.8) is 0 Å². The number of para-hydroxylation sites is 3. The topological polar surface area (TPSA) is 9.86 Å². The predicted molar refractivity (Wildman–Crippen MR) is 239 cm³/mol. The van der Waals surface area contributed by atoms with Gasteiger partial charge in [-0.05, 0) is 76.9 Å². The largest absolute Gasteiger partial charge is 0.309 e. The van der Waals surface area contributed by atoms with E-state index in [0.29, 0.717) is 17.8 Å². The molecule has 0 atom stereocenters. The number of hydrogen-bond donors (Lipinski definition) is 0. The second-order valence-corrected chi connectivity index (χ2v) is 17.3. The van der Waals surface area contributed by atoms with Gasteiger partial charge < -0.3 is 9.13 Å². The van der Waals surface area contributed by atoms with Crippen LogP contribution in [0.4, 0.5) is 0 Å². The lowest BCUT2D eigenvalue weighted by Crippen LogP contribution is -2.57. The van der Waals surface area contributed by atoms with Crippen LogP contribution in [0.2, 0.25) is 0 Å². The third-order valence-electron chi connectivity index (χ3n) is 12.0. The molecule has 7 aromatic carbocycles. The highest BCUT2D eigenvalue weighted by Crippen LogP contribution is 2.44. The van der Waals surface area contributed by atoms with Crippen LogP contribution in [0.5, 0.6) is 0 Å². The van der Waals surface area contributed by atoms with Crippen LogP contribution in [-0.2, 0) is 0 Å². The molecular formula is C51H45BN2S. The van der Waals surface area contributed by atoms with Crippen LogP contribution in [-0.4, -0.2) is 15.8 Å². The van der Waals surface area contributed by atoms with E-state index in [-0.39, 0.29) is 6.71 Å². The van der Waals surface area contributed by atoms with Crippen LogP contribution in [0, 0.1) is 0 Å². The zero-order chi connectivity index (χ0) is 37.5. The van der Waals surface area contributed by atoms with Crippen LogP contribution in [0.3, 0.4) is 0 Å². The standard InChI is InChI=1S/C51H45BN2S/c1-31(2)34-29-39(32(3)4)49(40(30-34)33(5)6)52-41-21-12-15-26-47(41)55-51-42(52)22-16-25-46(51)54-44-24-14-11-20-38(44)48-45(54)28-27-37-36-19-10-13-23-43(36)53(50(37)48)35-17-8-7-9-18-35/h7-33H,1-6H3. The highest BCUT2D eigenvalue weighted by atomic mass is 32.2. The smallest absolute Gasteiger partial charge is 0.244 e. The Hall–Kier alpha value is -5.45. The summed E-state index contributed by atoms with van der Waals surface area (Å²) in [7, 11) is 0. The predicted octanol–water partition coefficient (Wildman–Crippen LogP) is 12.2. The fourth-order valence-corrected chi connectivity index (χ4v) is 10.7. The number of aromatic nitrogens is 2. The Labute approximate surface area is 328 Å². The first-order valence-electron chi connectivity index (χ1n) is 19.9. The molecule has 0 N–H and O–H groups in total. The van der Waals surface area contributed by atoms with Gasteiger partial charge in [0.05, 0.1) is 27.8 Å². The molecule has 0 radical (unpaired) electrons. The summed E-state index contributed by atoms with van der Waals surface area (Å²) < 4.78 is 5.04. The Morgan fingerprint density at radius 3 is 1.82 bits per heavy atom. The first kappa shape index (κ1) is 34.1. The Morgan fingerprint density at radius 1 is 0.491 bits per heavy atom. The van der Waals surface area contributed by atoms with Crippen LogP contribution in [0.1, 0.15) is 76.0 Å².